The molecule has 0 unspecified atom stereocenters. The molecule has 0 atom stereocenters. The van der Waals surface area contributed by atoms with Gasteiger partial charge in [-0.3, -0.25) is 0 Å². The van der Waals surface area contributed by atoms with Crippen molar-refractivity contribution in [3.63, 3.8) is 0 Å². The number of benzene rings is 1. The van der Waals surface area contributed by atoms with Crippen LogP contribution in [0.2, 0.25) is 0 Å². The van der Waals surface area contributed by atoms with E-state index in [9.17, 15) is 4.79 Å². The van der Waals surface area contributed by atoms with E-state index >= 15 is 0 Å². The highest BCUT2D eigenvalue weighted by molar-refractivity contribution is 5.88. The minimum atomic E-state index is -0.962. The van der Waals surface area contributed by atoms with Crippen LogP contribution in [0.25, 0.3) is 0 Å². The van der Waals surface area contributed by atoms with Crippen LogP contribution >= 0.6 is 0 Å². The number of aromatic carboxylic acids is 1. The summed E-state index contributed by atoms with van der Waals surface area (Å²) in [6, 6.07) is 4.77. The summed E-state index contributed by atoms with van der Waals surface area (Å²) in [5, 5.41) is 17.8. The molecule has 16 heavy (non-hydrogen) atoms. The third-order valence-corrected chi connectivity index (χ3v) is 2.51. The number of ether oxygens (including phenoxy) is 1. The third-order valence-electron chi connectivity index (χ3n) is 2.51. The summed E-state index contributed by atoms with van der Waals surface area (Å²) in [5.41, 5.74) is 1.08. The van der Waals surface area contributed by atoms with Gasteiger partial charge in [0.15, 0.2) is 0 Å². The van der Waals surface area contributed by atoms with Gasteiger partial charge in [0.1, 0.15) is 5.75 Å². The van der Waals surface area contributed by atoms with Crippen molar-refractivity contribution < 1.29 is 19.7 Å². The molecule has 86 valence electrons. The number of carbonyl (C=O) groups is 1. The van der Waals surface area contributed by atoms with Crippen LogP contribution in [0.1, 0.15) is 28.8 Å². The molecule has 0 saturated heterocycles. The molecule has 1 aliphatic rings. The van der Waals surface area contributed by atoms with Crippen molar-refractivity contribution in [1.29, 1.82) is 0 Å². The molecule has 4 nitrogen and oxygen atoms in total. The fourth-order valence-electron chi connectivity index (χ4n) is 1.49. The molecule has 0 radical (unpaired) electrons. The number of aliphatic hydroxyl groups is 1. The Labute approximate surface area is 93.5 Å². The summed E-state index contributed by atoms with van der Waals surface area (Å²) >= 11 is 0. The lowest BCUT2D eigenvalue weighted by atomic mass is 10.1. The predicted octanol–water partition coefficient (Wildman–Crippen LogP) is 1.46. The van der Waals surface area contributed by atoms with Crippen molar-refractivity contribution in [1.82, 2.24) is 0 Å². The van der Waals surface area contributed by atoms with Gasteiger partial charge >= 0.3 is 5.97 Å². The Kier molecular flexibility index (Phi) is 3.10. The average Bonchev–Trinajstić information content (AvgIpc) is 3.04. The number of carboxylic acids is 1. The van der Waals surface area contributed by atoms with Crippen LogP contribution in [0.15, 0.2) is 18.2 Å². The SMILES string of the molecule is O=C(O)c1ccc(CCO)c(OC2CC2)c1. The van der Waals surface area contributed by atoms with Crippen LogP contribution < -0.4 is 4.74 Å². The van der Waals surface area contributed by atoms with Crippen molar-refractivity contribution >= 4 is 5.97 Å². The molecular formula is C12H14O4. The molecule has 2 N–H and O–H groups in total. The first-order chi connectivity index (χ1) is 7.70. The second kappa shape index (κ2) is 4.53. The lowest BCUT2D eigenvalue weighted by molar-refractivity contribution is 0.0696. The number of hydrogen-bond acceptors (Lipinski definition) is 3. The van der Waals surface area contributed by atoms with E-state index in [1.165, 1.54) is 12.1 Å². The van der Waals surface area contributed by atoms with Crippen molar-refractivity contribution in [3.8, 4) is 5.75 Å². The topological polar surface area (TPSA) is 66.8 Å². The van der Waals surface area contributed by atoms with Gasteiger partial charge in [-0.05, 0) is 37.0 Å². The molecule has 1 saturated carbocycles. The van der Waals surface area contributed by atoms with Gasteiger partial charge in [0.25, 0.3) is 0 Å². The largest absolute Gasteiger partial charge is 0.490 e. The van der Waals surface area contributed by atoms with Gasteiger partial charge in [-0.2, -0.15) is 0 Å². The molecule has 1 aromatic carbocycles. The molecule has 0 aromatic heterocycles. The summed E-state index contributed by atoms with van der Waals surface area (Å²) in [6.07, 6.45) is 2.76. The normalized spacial score (nSPS) is 14.8. The lowest BCUT2D eigenvalue weighted by Gasteiger charge is -2.10. The van der Waals surface area contributed by atoms with E-state index in [1.807, 2.05) is 0 Å². The molecule has 0 aliphatic heterocycles. The minimum Gasteiger partial charge on any atom is -0.490 e. The fraction of sp³-hybridized carbons (Fsp3) is 0.417. The van der Waals surface area contributed by atoms with Crippen molar-refractivity contribution in [2.45, 2.75) is 25.4 Å². The summed E-state index contributed by atoms with van der Waals surface area (Å²) < 4.78 is 5.63. The maximum Gasteiger partial charge on any atom is 0.335 e. The standard InChI is InChI=1S/C12H14O4/c13-6-5-8-1-2-9(12(14)15)7-11(8)16-10-3-4-10/h1-2,7,10,13H,3-6H2,(H,14,15). The van der Waals surface area contributed by atoms with Gasteiger partial charge in [0, 0.05) is 6.61 Å². The highest BCUT2D eigenvalue weighted by Crippen LogP contribution is 2.30. The van der Waals surface area contributed by atoms with Crippen molar-refractivity contribution in [3.05, 3.63) is 29.3 Å². The number of aliphatic hydroxyl groups excluding tert-OH is 1. The van der Waals surface area contributed by atoms with Gasteiger partial charge in [-0.1, -0.05) is 6.07 Å². The molecule has 0 amide bonds. The molecule has 4 heteroatoms. The van der Waals surface area contributed by atoms with Crippen LogP contribution in [0.5, 0.6) is 5.75 Å². The quantitative estimate of drug-likeness (QED) is 0.791. The Morgan fingerprint density at radius 1 is 1.44 bits per heavy atom. The molecule has 0 bridgehead atoms. The Hall–Kier alpha value is -1.55. The second-order valence-corrected chi connectivity index (χ2v) is 3.92. The van der Waals surface area contributed by atoms with E-state index in [4.69, 9.17) is 14.9 Å². The van der Waals surface area contributed by atoms with Gasteiger partial charge < -0.3 is 14.9 Å². The van der Waals surface area contributed by atoms with E-state index in [2.05, 4.69) is 0 Å². The lowest BCUT2D eigenvalue weighted by Crippen LogP contribution is -2.04. The average molecular weight is 222 g/mol. The van der Waals surface area contributed by atoms with Crippen LogP contribution in [-0.2, 0) is 6.42 Å². The first kappa shape index (κ1) is 11.0. The molecule has 1 fully saturated rings. The van der Waals surface area contributed by atoms with E-state index in [-0.39, 0.29) is 18.3 Å². The highest BCUT2D eigenvalue weighted by atomic mass is 16.5. The summed E-state index contributed by atoms with van der Waals surface area (Å²) in [4.78, 5) is 10.8. The van der Waals surface area contributed by atoms with E-state index in [0.717, 1.165) is 18.4 Å². The van der Waals surface area contributed by atoms with Crippen LogP contribution in [-0.4, -0.2) is 28.9 Å². The van der Waals surface area contributed by atoms with E-state index < -0.39 is 5.97 Å². The van der Waals surface area contributed by atoms with Gasteiger partial charge in [-0.15, -0.1) is 0 Å². The molecule has 0 spiro atoms. The highest BCUT2D eigenvalue weighted by Gasteiger charge is 2.24. The number of hydrogen-bond donors (Lipinski definition) is 2. The summed E-state index contributed by atoms with van der Waals surface area (Å²) in [7, 11) is 0. The molecular weight excluding hydrogens is 208 g/mol. The second-order valence-electron chi connectivity index (χ2n) is 3.92. The van der Waals surface area contributed by atoms with Gasteiger partial charge in [-0.25, -0.2) is 4.79 Å². The van der Waals surface area contributed by atoms with Crippen LogP contribution in [0.4, 0.5) is 0 Å². The zero-order valence-corrected chi connectivity index (χ0v) is 8.85. The van der Waals surface area contributed by atoms with Crippen LogP contribution in [0, 0.1) is 0 Å². The first-order valence-electron chi connectivity index (χ1n) is 5.34. The molecule has 1 aromatic rings. The Balaban J connectivity index is 2.25. The number of rotatable bonds is 5. The monoisotopic (exact) mass is 222 g/mol. The Morgan fingerprint density at radius 3 is 2.75 bits per heavy atom. The Morgan fingerprint density at radius 2 is 2.19 bits per heavy atom. The van der Waals surface area contributed by atoms with Crippen LogP contribution in [0.3, 0.4) is 0 Å². The summed E-state index contributed by atoms with van der Waals surface area (Å²) in [6.45, 7) is 0.0352. The smallest absolute Gasteiger partial charge is 0.335 e. The number of carboxylic acid groups (broad SMARTS) is 1. The zero-order valence-electron chi connectivity index (χ0n) is 8.85. The maximum absolute atomic E-state index is 10.8. The third kappa shape index (κ3) is 2.52. The minimum absolute atomic E-state index is 0.0352. The van der Waals surface area contributed by atoms with E-state index in [0.29, 0.717) is 12.2 Å². The first-order valence-corrected chi connectivity index (χ1v) is 5.34. The maximum atomic E-state index is 10.8. The molecule has 1 aliphatic carbocycles. The zero-order chi connectivity index (χ0) is 11.5. The van der Waals surface area contributed by atoms with E-state index in [1.54, 1.807) is 6.07 Å². The Bertz CT molecular complexity index is 396. The summed E-state index contributed by atoms with van der Waals surface area (Å²) in [5.74, 6) is -0.368. The molecule has 0 heterocycles. The molecule has 2 rings (SSSR count). The van der Waals surface area contributed by atoms with Gasteiger partial charge in [0.2, 0.25) is 0 Å². The van der Waals surface area contributed by atoms with Gasteiger partial charge in [0.05, 0.1) is 11.7 Å². The fourth-order valence-corrected chi connectivity index (χ4v) is 1.49. The van der Waals surface area contributed by atoms with Crippen molar-refractivity contribution in [2.75, 3.05) is 6.61 Å². The van der Waals surface area contributed by atoms with Crippen molar-refractivity contribution in [2.24, 2.45) is 0 Å². The predicted molar refractivity (Wildman–Crippen MR) is 57.8 cm³/mol.